The summed E-state index contributed by atoms with van der Waals surface area (Å²) in [7, 11) is 0. The van der Waals surface area contributed by atoms with Crippen molar-refractivity contribution in [2.75, 3.05) is 0 Å². The van der Waals surface area contributed by atoms with Crippen LogP contribution in [0.15, 0.2) is 36.4 Å². The molecule has 0 aliphatic heterocycles. The van der Waals surface area contributed by atoms with E-state index in [2.05, 4.69) is 58.9 Å². The highest BCUT2D eigenvalue weighted by atomic mass is 127. The van der Waals surface area contributed by atoms with Gasteiger partial charge in [-0.05, 0) is 47.2 Å². The third kappa shape index (κ3) is 2.79. The van der Waals surface area contributed by atoms with Crippen LogP contribution in [0.1, 0.15) is 18.5 Å². The fourth-order valence-electron chi connectivity index (χ4n) is 1.18. The molecule has 0 aliphatic carbocycles. The van der Waals surface area contributed by atoms with Crippen molar-refractivity contribution in [2.45, 2.75) is 13.0 Å². The highest BCUT2D eigenvalue weighted by Gasteiger charge is 2.08. The number of benzene rings is 1. The first-order valence-corrected chi connectivity index (χ1v) is 5.10. The standard InChI is InChI=1S/C10H13IN2/c1-7(2)10(13-12)8-3-5-9(11)6-4-8/h3-6,10,13H,1,12H2,2H3. The molecule has 3 heteroatoms. The summed E-state index contributed by atoms with van der Waals surface area (Å²) in [5.74, 6) is 5.43. The van der Waals surface area contributed by atoms with Crippen molar-refractivity contribution >= 4 is 22.6 Å². The molecule has 0 heterocycles. The molecule has 0 aliphatic rings. The Bertz CT molecular complexity index is 292. The van der Waals surface area contributed by atoms with Gasteiger partial charge in [0.1, 0.15) is 0 Å². The summed E-state index contributed by atoms with van der Waals surface area (Å²) < 4.78 is 1.22. The van der Waals surface area contributed by atoms with E-state index in [1.807, 2.05) is 6.92 Å². The molecule has 0 spiro atoms. The summed E-state index contributed by atoms with van der Waals surface area (Å²) in [6.07, 6.45) is 0. The van der Waals surface area contributed by atoms with Crippen molar-refractivity contribution < 1.29 is 0 Å². The number of hydrazine groups is 1. The molecule has 70 valence electrons. The Morgan fingerprint density at radius 3 is 2.38 bits per heavy atom. The SMILES string of the molecule is C=C(C)C(NN)c1ccc(I)cc1. The lowest BCUT2D eigenvalue weighted by Crippen LogP contribution is -2.28. The zero-order valence-corrected chi connectivity index (χ0v) is 9.71. The topological polar surface area (TPSA) is 38.0 Å². The Labute approximate surface area is 92.3 Å². The first kappa shape index (κ1) is 10.7. The van der Waals surface area contributed by atoms with Gasteiger partial charge in [-0.15, -0.1) is 0 Å². The summed E-state index contributed by atoms with van der Waals surface area (Å²) >= 11 is 2.28. The normalized spacial score (nSPS) is 12.5. The molecule has 3 N–H and O–H groups in total. The van der Waals surface area contributed by atoms with Crippen LogP contribution in [0.25, 0.3) is 0 Å². The minimum Gasteiger partial charge on any atom is -0.271 e. The summed E-state index contributed by atoms with van der Waals surface area (Å²) in [6.45, 7) is 5.84. The van der Waals surface area contributed by atoms with Gasteiger partial charge in [0.15, 0.2) is 0 Å². The molecule has 0 bridgehead atoms. The average molecular weight is 288 g/mol. The van der Waals surface area contributed by atoms with Crippen molar-refractivity contribution in [3.8, 4) is 0 Å². The largest absolute Gasteiger partial charge is 0.271 e. The maximum Gasteiger partial charge on any atom is 0.0664 e. The minimum absolute atomic E-state index is 0.0528. The van der Waals surface area contributed by atoms with Crippen LogP contribution in [-0.4, -0.2) is 0 Å². The second kappa shape index (κ2) is 4.74. The Balaban J connectivity index is 2.92. The molecule has 1 aromatic rings. The maximum atomic E-state index is 5.43. The number of hydrogen-bond acceptors (Lipinski definition) is 2. The average Bonchev–Trinajstić information content (AvgIpc) is 2.09. The monoisotopic (exact) mass is 288 g/mol. The molecule has 0 saturated carbocycles. The van der Waals surface area contributed by atoms with Gasteiger partial charge in [0.25, 0.3) is 0 Å². The third-order valence-corrected chi connectivity index (χ3v) is 2.58. The van der Waals surface area contributed by atoms with Gasteiger partial charge >= 0.3 is 0 Å². The van der Waals surface area contributed by atoms with Gasteiger partial charge < -0.3 is 0 Å². The van der Waals surface area contributed by atoms with Crippen molar-refractivity contribution in [2.24, 2.45) is 5.84 Å². The fourth-order valence-corrected chi connectivity index (χ4v) is 1.54. The van der Waals surface area contributed by atoms with Crippen LogP contribution in [0.4, 0.5) is 0 Å². The van der Waals surface area contributed by atoms with Gasteiger partial charge in [0.05, 0.1) is 6.04 Å². The van der Waals surface area contributed by atoms with E-state index in [1.165, 1.54) is 3.57 Å². The van der Waals surface area contributed by atoms with Crippen LogP contribution in [0.3, 0.4) is 0 Å². The van der Waals surface area contributed by atoms with Crippen LogP contribution in [0, 0.1) is 3.57 Å². The van der Waals surface area contributed by atoms with Crippen molar-refractivity contribution in [3.63, 3.8) is 0 Å². The van der Waals surface area contributed by atoms with Crippen LogP contribution in [0.5, 0.6) is 0 Å². The molecule has 0 saturated heterocycles. The van der Waals surface area contributed by atoms with E-state index in [-0.39, 0.29) is 6.04 Å². The number of nitrogens with two attached hydrogens (primary N) is 1. The van der Waals surface area contributed by atoms with Crippen LogP contribution in [0.2, 0.25) is 0 Å². The lowest BCUT2D eigenvalue weighted by Gasteiger charge is -2.15. The van der Waals surface area contributed by atoms with Crippen molar-refractivity contribution in [1.82, 2.24) is 5.43 Å². The van der Waals surface area contributed by atoms with E-state index < -0.39 is 0 Å². The second-order valence-corrected chi connectivity index (χ2v) is 4.24. The van der Waals surface area contributed by atoms with Gasteiger partial charge in [-0.2, -0.15) is 0 Å². The van der Waals surface area contributed by atoms with E-state index >= 15 is 0 Å². The molecule has 1 rings (SSSR count). The smallest absolute Gasteiger partial charge is 0.0664 e. The highest BCUT2D eigenvalue weighted by Crippen LogP contribution is 2.19. The quantitative estimate of drug-likeness (QED) is 0.388. The second-order valence-electron chi connectivity index (χ2n) is 3.00. The van der Waals surface area contributed by atoms with Crippen LogP contribution < -0.4 is 11.3 Å². The Morgan fingerprint density at radius 1 is 1.46 bits per heavy atom. The van der Waals surface area contributed by atoms with E-state index in [0.717, 1.165) is 11.1 Å². The molecular weight excluding hydrogens is 275 g/mol. The lowest BCUT2D eigenvalue weighted by molar-refractivity contribution is 0.627. The Kier molecular flexibility index (Phi) is 3.90. The van der Waals surface area contributed by atoms with E-state index in [0.29, 0.717) is 0 Å². The summed E-state index contributed by atoms with van der Waals surface area (Å²) in [4.78, 5) is 0. The predicted octanol–water partition coefficient (Wildman–Crippen LogP) is 2.37. The summed E-state index contributed by atoms with van der Waals surface area (Å²) in [5, 5.41) is 0. The van der Waals surface area contributed by atoms with Crippen molar-refractivity contribution in [1.29, 1.82) is 0 Å². The zero-order chi connectivity index (χ0) is 9.84. The Hall–Kier alpha value is -0.390. The maximum absolute atomic E-state index is 5.43. The molecule has 13 heavy (non-hydrogen) atoms. The van der Waals surface area contributed by atoms with Gasteiger partial charge in [-0.1, -0.05) is 24.3 Å². The molecule has 0 aromatic heterocycles. The molecule has 1 atom stereocenters. The Morgan fingerprint density at radius 2 is 2.00 bits per heavy atom. The zero-order valence-electron chi connectivity index (χ0n) is 7.55. The van der Waals surface area contributed by atoms with Gasteiger partial charge in [-0.3, -0.25) is 5.84 Å². The fraction of sp³-hybridized carbons (Fsp3) is 0.200. The van der Waals surface area contributed by atoms with Crippen LogP contribution in [-0.2, 0) is 0 Å². The first-order valence-electron chi connectivity index (χ1n) is 4.02. The predicted molar refractivity (Wildman–Crippen MR) is 64.0 cm³/mol. The number of nitrogens with one attached hydrogen (secondary N) is 1. The summed E-state index contributed by atoms with van der Waals surface area (Å²) in [6, 6.07) is 8.28. The van der Waals surface area contributed by atoms with Gasteiger partial charge in [0, 0.05) is 3.57 Å². The number of hydrogen-bond donors (Lipinski definition) is 2. The molecule has 0 amide bonds. The minimum atomic E-state index is 0.0528. The third-order valence-electron chi connectivity index (χ3n) is 1.86. The molecule has 0 fully saturated rings. The summed E-state index contributed by atoms with van der Waals surface area (Å²) in [5.41, 5.74) is 4.90. The molecular formula is C10H13IN2. The van der Waals surface area contributed by atoms with E-state index in [1.54, 1.807) is 0 Å². The number of rotatable bonds is 3. The lowest BCUT2D eigenvalue weighted by atomic mass is 10.0. The van der Waals surface area contributed by atoms with E-state index in [4.69, 9.17) is 5.84 Å². The van der Waals surface area contributed by atoms with Crippen LogP contribution >= 0.6 is 22.6 Å². The van der Waals surface area contributed by atoms with Gasteiger partial charge in [0.2, 0.25) is 0 Å². The molecule has 0 radical (unpaired) electrons. The molecule has 2 nitrogen and oxygen atoms in total. The van der Waals surface area contributed by atoms with Gasteiger partial charge in [-0.25, -0.2) is 5.43 Å². The van der Waals surface area contributed by atoms with E-state index in [9.17, 15) is 0 Å². The molecule has 1 unspecified atom stereocenters. The number of halogens is 1. The molecule has 1 aromatic carbocycles. The first-order chi connectivity index (χ1) is 6.15. The highest BCUT2D eigenvalue weighted by molar-refractivity contribution is 14.1. The van der Waals surface area contributed by atoms with Crippen molar-refractivity contribution in [3.05, 3.63) is 45.6 Å².